The summed E-state index contributed by atoms with van der Waals surface area (Å²) in [6.07, 6.45) is -0.319. The zero-order valence-corrected chi connectivity index (χ0v) is 14.2. The second kappa shape index (κ2) is 6.34. The number of hydrogen-bond acceptors (Lipinski definition) is 6. The van der Waals surface area contributed by atoms with Crippen molar-refractivity contribution in [2.24, 2.45) is 5.14 Å². The number of nitrogens with two attached hydrogens (primary N) is 1. The molecule has 0 aliphatic carbocycles. The van der Waals surface area contributed by atoms with Crippen LogP contribution < -0.4 is 10.0 Å². The van der Waals surface area contributed by atoms with E-state index >= 15 is 0 Å². The summed E-state index contributed by atoms with van der Waals surface area (Å²) in [4.78, 5) is 26.1. The second-order valence-electron chi connectivity index (χ2n) is 5.58. The van der Waals surface area contributed by atoms with Crippen molar-refractivity contribution in [3.05, 3.63) is 47.7 Å². The maximum Gasteiger partial charge on any atom is 0.375 e. The maximum absolute atomic E-state index is 12.5. The third-order valence-corrected chi connectivity index (χ3v) is 4.63. The number of esters is 1. The summed E-state index contributed by atoms with van der Waals surface area (Å²) in [5, 5.41) is 4.36. The number of anilines is 1. The Balaban J connectivity index is 1.70. The first-order chi connectivity index (χ1) is 11.8. The van der Waals surface area contributed by atoms with Crippen LogP contribution in [-0.2, 0) is 26.0 Å². The van der Waals surface area contributed by atoms with E-state index in [9.17, 15) is 18.0 Å². The lowest BCUT2D eigenvalue weighted by Gasteiger charge is -2.21. The highest BCUT2D eigenvalue weighted by molar-refractivity contribution is 7.89. The molecule has 0 bridgehead atoms. The summed E-state index contributed by atoms with van der Waals surface area (Å²) in [6, 6.07) is 9.69. The second-order valence-corrected chi connectivity index (χ2v) is 7.07. The number of benzene rings is 1. The van der Waals surface area contributed by atoms with Crippen molar-refractivity contribution in [2.45, 2.75) is 24.5 Å². The normalized spacial score (nSPS) is 14.9. The van der Waals surface area contributed by atoms with Crippen LogP contribution in [0.1, 0.15) is 23.0 Å². The lowest BCUT2D eigenvalue weighted by molar-refractivity contribution is -0.126. The van der Waals surface area contributed by atoms with Crippen LogP contribution in [-0.4, -0.2) is 32.9 Å². The first-order valence-electron chi connectivity index (χ1n) is 7.50. The number of nitrogens with zero attached hydrogens (tertiary/aromatic N) is 1. The average molecular weight is 364 g/mol. The molecule has 1 aromatic carbocycles. The highest BCUT2D eigenvalue weighted by Gasteiger charge is 2.30. The van der Waals surface area contributed by atoms with Gasteiger partial charge in [-0.1, -0.05) is 18.2 Å². The van der Waals surface area contributed by atoms with Gasteiger partial charge in [-0.05, 0) is 37.1 Å². The van der Waals surface area contributed by atoms with Crippen LogP contribution in [0, 0.1) is 0 Å². The van der Waals surface area contributed by atoms with Gasteiger partial charge >= 0.3 is 5.97 Å². The Kier molecular flexibility index (Phi) is 4.36. The summed E-state index contributed by atoms with van der Waals surface area (Å²) in [7, 11) is -4.06. The Bertz CT molecular complexity index is 934. The van der Waals surface area contributed by atoms with Crippen molar-refractivity contribution in [1.82, 2.24) is 0 Å². The van der Waals surface area contributed by atoms with Crippen molar-refractivity contribution in [1.29, 1.82) is 0 Å². The number of fused-ring (bicyclic) bond motifs is 1. The molecule has 1 amide bonds. The number of rotatable bonds is 4. The van der Waals surface area contributed by atoms with Gasteiger partial charge in [0.05, 0.1) is 0 Å². The molecule has 1 aromatic heterocycles. The van der Waals surface area contributed by atoms with E-state index in [0.717, 1.165) is 29.8 Å². The van der Waals surface area contributed by atoms with Crippen LogP contribution in [0.2, 0.25) is 0 Å². The number of furan rings is 1. The molecule has 0 spiro atoms. The minimum Gasteiger partial charge on any atom is -0.447 e. The largest absolute Gasteiger partial charge is 0.447 e. The first-order valence-corrected chi connectivity index (χ1v) is 9.05. The third kappa shape index (κ3) is 3.42. The van der Waals surface area contributed by atoms with Crippen LogP contribution >= 0.6 is 0 Å². The highest BCUT2D eigenvalue weighted by atomic mass is 32.2. The number of amides is 1. The summed E-state index contributed by atoms with van der Waals surface area (Å²) in [5.74, 6) is -1.65. The lowest BCUT2D eigenvalue weighted by atomic mass is 10.2. The molecule has 2 heterocycles. The van der Waals surface area contributed by atoms with E-state index in [0.29, 0.717) is 6.54 Å². The van der Waals surface area contributed by atoms with E-state index in [1.54, 1.807) is 4.90 Å². The van der Waals surface area contributed by atoms with Crippen molar-refractivity contribution < 1.29 is 27.2 Å². The maximum atomic E-state index is 12.5. The van der Waals surface area contributed by atoms with Gasteiger partial charge in [0.25, 0.3) is 15.9 Å². The van der Waals surface area contributed by atoms with E-state index in [1.807, 2.05) is 24.3 Å². The first kappa shape index (κ1) is 17.2. The molecule has 1 unspecified atom stereocenters. The van der Waals surface area contributed by atoms with E-state index in [2.05, 4.69) is 0 Å². The van der Waals surface area contributed by atoms with Crippen molar-refractivity contribution in [2.75, 3.05) is 11.4 Å². The van der Waals surface area contributed by atoms with E-state index < -0.39 is 27.2 Å². The average Bonchev–Trinajstić information content (AvgIpc) is 3.21. The summed E-state index contributed by atoms with van der Waals surface area (Å²) < 4.78 is 32.3. The SMILES string of the molecule is CC(OC(=O)c1ccc(S(N)(=O)=O)o1)C(=O)N1CCc2ccccc21. The van der Waals surface area contributed by atoms with E-state index in [1.165, 1.54) is 6.92 Å². The zero-order chi connectivity index (χ0) is 18.2. The Hall–Kier alpha value is -2.65. The fourth-order valence-corrected chi connectivity index (χ4v) is 3.10. The zero-order valence-electron chi connectivity index (χ0n) is 13.3. The Morgan fingerprint density at radius 3 is 2.64 bits per heavy atom. The van der Waals surface area contributed by atoms with Crippen LogP contribution in [0.3, 0.4) is 0 Å². The Morgan fingerprint density at radius 1 is 1.24 bits per heavy atom. The summed E-state index contributed by atoms with van der Waals surface area (Å²) in [5.41, 5.74) is 1.85. The number of ether oxygens (including phenoxy) is 1. The Labute approximate surface area is 144 Å². The van der Waals surface area contributed by atoms with Gasteiger partial charge in [-0.15, -0.1) is 0 Å². The molecule has 0 radical (unpaired) electrons. The number of hydrogen-bond donors (Lipinski definition) is 1. The number of sulfonamides is 1. The number of para-hydroxylation sites is 1. The van der Waals surface area contributed by atoms with Crippen molar-refractivity contribution in [3.8, 4) is 0 Å². The van der Waals surface area contributed by atoms with E-state index in [4.69, 9.17) is 14.3 Å². The van der Waals surface area contributed by atoms with E-state index in [-0.39, 0.29) is 11.7 Å². The monoisotopic (exact) mass is 364 g/mol. The molecule has 2 N–H and O–H groups in total. The molecule has 1 aliphatic heterocycles. The molecule has 0 saturated heterocycles. The van der Waals surface area contributed by atoms with Gasteiger partial charge in [0, 0.05) is 12.2 Å². The van der Waals surface area contributed by atoms with Crippen LogP contribution in [0.25, 0.3) is 0 Å². The van der Waals surface area contributed by atoms with Gasteiger partial charge in [-0.3, -0.25) is 4.79 Å². The predicted molar refractivity (Wildman–Crippen MR) is 87.5 cm³/mol. The number of primary sulfonamides is 1. The van der Waals surface area contributed by atoms with Crippen LogP contribution in [0.5, 0.6) is 0 Å². The molecule has 0 fully saturated rings. The standard InChI is InChI=1S/C16H16N2O6S/c1-10(15(19)18-9-8-11-4-2-3-5-12(11)18)23-16(20)13-6-7-14(24-13)25(17,21)22/h2-7,10H,8-9H2,1H3,(H2,17,21,22). The van der Waals surface area contributed by atoms with Gasteiger partial charge in [0.15, 0.2) is 6.10 Å². The molecule has 132 valence electrons. The highest BCUT2D eigenvalue weighted by Crippen LogP contribution is 2.28. The molecule has 2 aromatic rings. The van der Waals surface area contributed by atoms with Crippen molar-refractivity contribution >= 4 is 27.6 Å². The van der Waals surface area contributed by atoms with Gasteiger partial charge < -0.3 is 14.1 Å². The molecule has 8 nitrogen and oxygen atoms in total. The summed E-state index contributed by atoms with van der Waals surface area (Å²) in [6.45, 7) is 1.96. The topological polar surface area (TPSA) is 120 Å². The molecule has 1 atom stereocenters. The third-order valence-electron chi connectivity index (χ3n) is 3.85. The molecule has 25 heavy (non-hydrogen) atoms. The van der Waals surface area contributed by atoms with Gasteiger partial charge in [0.1, 0.15) is 0 Å². The van der Waals surface area contributed by atoms with Crippen LogP contribution in [0.15, 0.2) is 45.9 Å². The summed E-state index contributed by atoms with van der Waals surface area (Å²) >= 11 is 0. The van der Waals surface area contributed by atoms with Gasteiger partial charge in [0.2, 0.25) is 10.9 Å². The quantitative estimate of drug-likeness (QED) is 0.810. The molecule has 3 rings (SSSR count). The predicted octanol–water partition coefficient (Wildman–Crippen LogP) is 1.06. The van der Waals surface area contributed by atoms with Crippen molar-refractivity contribution in [3.63, 3.8) is 0 Å². The fraction of sp³-hybridized carbons (Fsp3) is 0.250. The smallest absolute Gasteiger partial charge is 0.375 e. The number of carbonyl (C=O) groups excluding carboxylic acids is 2. The lowest BCUT2D eigenvalue weighted by Crippen LogP contribution is -2.39. The van der Waals surface area contributed by atoms with Gasteiger partial charge in [-0.2, -0.15) is 0 Å². The molecule has 1 aliphatic rings. The molecule has 9 heteroatoms. The molecular weight excluding hydrogens is 348 g/mol. The Morgan fingerprint density at radius 2 is 1.96 bits per heavy atom. The number of carbonyl (C=O) groups is 2. The van der Waals surface area contributed by atoms with Crippen LogP contribution in [0.4, 0.5) is 5.69 Å². The van der Waals surface area contributed by atoms with Gasteiger partial charge in [-0.25, -0.2) is 18.4 Å². The minimum atomic E-state index is -4.06. The molecule has 0 saturated carbocycles. The fourth-order valence-electron chi connectivity index (χ4n) is 2.64. The minimum absolute atomic E-state index is 0.342. The molecular formula is C16H16N2O6S.